The van der Waals surface area contributed by atoms with E-state index in [0.717, 1.165) is 5.56 Å². The van der Waals surface area contributed by atoms with Gasteiger partial charge in [0, 0.05) is 0 Å². The van der Waals surface area contributed by atoms with Crippen LogP contribution in [0.25, 0.3) is 0 Å². The molecule has 0 unspecified atom stereocenters. The summed E-state index contributed by atoms with van der Waals surface area (Å²) >= 11 is 1.75. The van der Waals surface area contributed by atoms with Crippen molar-refractivity contribution in [3.8, 4) is 0 Å². The zero-order valence-corrected chi connectivity index (χ0v) is 8.80. The Morgan fingerprint density at radius 3 is 2.15 bits per heavy atom. The second-order valence-electron chi connectivity index (χ2n) is 2.54. The van der Waals surface area contributed by atoms with E-state index in [1.807, 2.05) is 42.8 Å². The van der Waals surface area contributed by atoms with Crippen LogP contribution in [0.1, 0.15) is 5.56 Å². The van der Waals surface area contributed by atoms with Crippen molar-refractivity contribution in [1.29, 1.82) is 0 Å². The molecule has 0 radical (unpaired) electrons. The molecule has 1 aromatic rings. The fourth-order valence-electron chi connectivity index (χ4n) is 0.797. The van der Waals surface area contributed by atoms with Crippen LogP contribution < -0.4 is 5.73 Å². The average molecular weight is 197 g/mol. The zero-order chi connectivity index (χ0) is 10.1. The standard InChI is InChI=1S/C8H9NO.C2H6S/c9-8(10)6-7-4-2-1-3-5-7;1-3-2/h1-5H,6H2,(H2,9,10);1-2H3. The molecule has 2 N–H and O–H groups in total. The minimum absolute atomic E-state index is 0.286. The Morgan fingerprint density at radius 1 is 1.31 bits per heavy atom. The summed E-state index contributed by atoms with van der Waals surface area (Å²) in [6.07, 6.45) is 4.42. The number of rotatable bonds is 2. The Bertz CT molecular complexity index is 236. The smallest absolute Gasteiger partial charge is 0.221 e. The van der Waals surface area contributed by atoms with Gasteiger partial charge in [0.2, 0.25) is 5.91 Å². The molecule has 0 bridgehead atoms. The minimum Gasteiger partial charge on any atom is -0.369 e. The Morgan fingerprint density at radius 2 is 1.77 bits per heavy atom. The van der Waals surface area contributed by atoms with Crippen LogP contribution in [0, 0.1) is 0 Å². The lowest BCUT2D eigenvalue weighted by Crippen LogP contribution is -2.13. The highest BCUT2D eigenvalue weighted by molar-refractivity contribution is 7.97. The Balaban J connectivity index is 0.000000424. The first-order valence-electron chi connectivity index (χ1n) is 3.93. The quantitative estimate of drug-likeness (QED) is 0.784. The summed E-state index contributed by atoms with van der Waals surface area (Å²) in [5, 5.41) is 0. The third kappa shape index (κ3) is 7.40. The largest absolute Gasteiger partial charge is 0.369 e. The highest BCUT2D eigenvalue weighted by Crippen LogP contribution is 1.97. The minimum atomic E-state index is -0.286. The van der Waals surface area contributed by atoms with Crippen molar-refractivity contribution in [3.63, 3.8) is 0 Å². The van der Waals surface area contributed by atoms with Crippen molar-refractivity contribution >= 4 is 17.7 Å². The Kier molecular flexibility index (Phi) is 7.11. The molecule has 13 heavy (non-hydrogen) atoms. The van der Waals surface area contributed by atoms with Crippen LogP contribution in [-0.2, 0) is 11.2 Å². The van der Waals surface area contributed by atoms with Gasteiger partial charge in [-0.2, -0.15) is 11.8 Å². The number of benzene rings is 1. The van der Waals surface area contributed by atoms with Gasteiger partial charge >= 0.3 is 0 Å². The van der Waals surface area contributed by atoms with E-state index in [2.05, 4.69) is 0 Å². The van der Waals surface area contributed by atoms with Gasteiger partial charge < -0.3 is 5.73 Å². The van der Waals surface area contributed by atoms with Crippen molar-refractivity contribution in [2.75, 3.05) is 12.5 Å². The monoisotopic (exact) mass is 197 g/mol. The van der Waals surface area contributed by atoms with Crippen LogP contribution in [0.15, 0.2) is 30.3 Å². The van der Waals surface area contributed by atoms with Gasteiger partial charge in [0.25, 0.3) is 0 Å². The first-order chi connectivity index (χ1) is 6.20. The van der Waals surface area contributed by atoms with Gasteiger partial charge in [0.1, 0.15) is 0 Å². The molecule has 2 nitrogen and oxygen atoms in total. The maximum Gasteiger partial charge on any atom is 0.221 e. The van der Waals surface area contributed by atoms with Crippen LogP contribution in [0.2, 0.25) is 0 Å². The molecule has 72 valence electrons. The first kappa shape index (κ1) is 12.0. The Labute approximate surface area is 83.5 Å². The van der Waals surface area contributed by atoms with E-state index in [9.17, 15) is 4.79 Å². The lowest BCUT2D eigenvalue weighted by atomic mass is 10.1. The van der Waals surface area contributed by atoms with Gasteiger partial charge in [-0.1, -0.05) is 30.3 Å². The van der Waals surface area contributed by atoms with Crippen molar-refractivity contribution in [2.45, 2.75) is 6.42 Å². The second-order valence-corrected chi connectivity index (χ2v) is 3.35. The number of thioether (sulfide) groups is 1. The molecule has 0 heterocycles. The number of amides is 1. The summed E-state index contributed by atoms with van der Waals surface area (Å²) in [6.45, 7) is 0. The lowest BCUT2D eigenvalue weighted by Gasteiger charge is -1.93. The van der Waals surface area contributed by atoms with Crippen LogP contribution >= 0.6 is 11.8 Å². The van der Waals surface area contributed by atoms with Crippen molar-refractivity contribution in [2.24, 2.45) is 5.73 Å². The van der Waals surface area contributed by atoms with Crippen LogP contribution in [0.4, 0.5) is 0 Å². The summed E-state index contributed by atoms with van der Waals surface area (Å²) in [6, 6.07) is 9.44. The van der Waals surface area contributed by atoms with E-state index in [1.54, 1.807) is 11.8 Å². The highest BCUT2D eigenvalue weighted by atomic mass is 32.2. The number of carbonyl (C=O) groups is 1. The predicted octanol–water partition coefficient (Wildman–Crippen LogP) is 1.69. The number of carbonyl (C=O) groups excluding carboxylic acids is 1. The van der Waals surface area contributed by atoms with Gasteiger partial charge in [-0.15, -0.1) is 0 Å². The number of nitrogens with two attached hydrogens (primary N) is 1. The molecule has 0 aliphatic carbocycles. The summed E-state index contributed by atoms with van der Waals surface area (Å²) in [4.78, 5) is 10.4. The molecule has 0 aliphatic heterocycles. The molecule has 1 amide bonds. The first-order valence-corrected chi connectivity index (χ1v) is 5.56. The maximum atomic E-state index is 10.4. The van der Waals surface area contributed by atoms with E-state index in [-0.39, 0.29) is 5.91 Å². The molecule has 0 aromatic heterocycles. The Hall–Kier alpha value is -0.960. The summed E-state index contributed by atoms with van der Waals surface area (Å²) in [7, 11) is 0. The van der Waals surface area contributed by atoms with E-state index in [4.69, 9.17) is 5.73 Å². The molecule has 0 spiro atoms. The van der Waals surface area contributed by atoms with Crippen LogP contribution in [0.5, 0.6) is 0 Å². The third-order valence-corrected chi connectivity index (χ3v) is 1.22. The van der Waals surface area contributed by atoms with Gasteiger partial charge in [-0.3, -0.25) is 4.79 Å². The molecule has 1 aromatic carbocycles. The third-order valence-electron chi connectivity index (χ3n) is 1.22. The maximum absolute atomic E-state index is 10.4. The fourth-order valence-corrected chi connectivity index (χ4v) is 0.797. The van der Waals surface area contributed by atoms with E-state index < -0.39 is 0 Å². The summed E-state index contributed by atoms with van der Waals surface area (Å²) in [5.74, 6) is -0.286. The highest BCUT2D eigenvalue weighted by Gasteiger charge is 1.94. The van der Waals surface area contributed by atoms with E-state index in [0.29, 0.717) is 6.42 Å². The van der Waals surface area contributed by atoms with Crippen LogP contribution in [0.3, 0.4) is 0 Å². The number of primary amides is 1. The SMILES string of the molecule is CSC.NC(=O)Cc1ccccc1. The van der Waals surface area contributed by atoms with Gasteiger partial charge in [0.15, 0.2) is 0 Å². The van der Waals surface area contributed by atoms with Gasteiger partial charge in [-0.25, -0.2) is 0 Å². The molecule has 0 saturated carbocycles. The van der Waals surface area contributed by atoms with Crippen molar-refractivity contribution in [1.82, 2.24) is 0 Å². The molecule has 0 atom stereocenters. The fraction of sp³-hybridized carbons (Fsp3) is 0.300. The normalized spacial score (nSPS) is 8.46. The van der Waals surface area contributed by atoms with Crippen molar-refractivity contribution in [3.05, 3.63) is 35.9 Å². The molecular formula is C10H15NOS. The summed E-state index contributed by atoms with van der Waals surface area (Å²) in [5.41, 5.74) is 5.95. The molecule has 0 saturated heterocycles. The predicted molar refractivity (Wildman–Crippen MR) is 58.8 cm³/mol. The number of hydrogen-bond acceptors (Lipinski definition) is 2. The average Bonchev–Trinajstić information content (AvgIpc) is 2.06. The van der Waals surface area contributed by atoms with E-state index >= 15 is 0 Å². The lowest BCUT2D eigenvalue weighted by molar-refractivity contribution is -0.117. The molecule has 1 rings (SSSR count). The van der Waals surface area contributed by atoms with Gasteiger partial charge in [-0.05, 0) is 18.1 Å². The molecule has 0 aliphatic rings. The number of hydrogen-bond donors (Lipinski definition) is 1. The molecular weight excluding hydrogens is 182 g/mol. The van der Waals surface area contributed by atoms with Gasteiger partial charge in [0.05, 0.1) is 6.42 Å². The van der Waals surface area contributed by atoms with Crippen LogP contribution in [-0.4, -0.2) is 18.4 Å². The topological polar surface area (TPSA) is 43.1 Å². The molecule has 3 heteroatoms. The van der Waals surface area contributed by atoms with Crippen molar-refractivity contribution < 1.29 is 4.79 Å². The summed E-state index contributed by atoms with van der Waals surface area (Å²) < 4.78 is 0. The van der Waals surface area contributed by atoms with E-state index in [1.165, 1.54) is 0 Å². The molecule has 0 fully saturated rings. The zero-order valence-electron chi connectivity index (χ0n) is 7.99. The second kappa shape index (κ2) is 7.68.